The van der Waals surface area contributed by atoms with Crippen LogP contribution >= 0.6 is 11.3 Å². The Bertz CT molecular complexity index is 1060. The van der Waals surface area contributed by atoms with E-state index in [2.05, 4.69) is 18.4 Å². The summed E-state index contributed by atoms with van der Waals surface area (Å²) in [7, 11) is -3.61. The summed E-state index contributed by atoms with van der Waals surface area (Å²) in [4.78, 5) is 16.9. The second-order valence-electron chi connectivity index (χ2n) is 7.82. The predicted molar refractivity (Wildman–Crippen MR) is 115 cm³/mol. The molecule has 4 rings (SSSR count). The molecule has 0 spiro atoms. The Balaban J connectivity index is 1.43. The number of nitriles is 1. The largest absolute Gasteiger partial charge is 0.335 e. The van der Waals surface area contributed by atoms with Gasteiger partial charge in [0.25, 0.3) is 0 Å². The van der Waals surface area contributed by atoms with E-state index >= 15 is 0 Å². The Morgan fingerprint density at radius 1 is 1.17 bits per heavy atom. The first-order chi connectivity index (χ1) is 14.5. The monoisotopic (exact) mass is 443 g/mol. The van der Waals surface area contributed by atoms with Crippen LogP contribution in [0.5, 0.6) is 0 Å². The maximum Gasteiger partial charge on any atom is 0.243 e. The Labute approximate surface area is 181 Å². The van der Waals surface area contributed by atoms with E-state index in [0.717, 1.165) is 19.4 Å². The number of amides is 1. The molecule has 2 aliphatic rings. The first kappa shape index (κ1) is 21.0. The van der Waals surface area contributed by atoms with Crippen molar-refractivity contribution in [1.29, 1.82) is 5.26 Å². The minimum Gasteiger partial charge on any atom is -0.335 e. The third-order valence-corrected chi connectivity index (χ3v) is 9.10. The molecule has 158 valence electrons. The van der Waals surface area contributed by atoms with Gasteiger partial charge in [0, 0.05) is 30.4 Å². The van der Waals surface area contributed by atoms with E-state index in [1.54, 1.807) is 11.3 Å². The minimum absolute atomic E-state index is 0.132. The minimum atomic E-state index is -3.61. The van der Waals surface area contributed by atoms with Crippen LogP contribution in [0.3, 0.4) is 0 Å². The van der Waals surface area contributed by atoms with Crippen molar-refractivity contribution in [1.82, 2.24) is 9.21 Å². The lowest BCUT2D eigenvalue weighted by molar-refractivity contribution is -0.139. The maximum atomic E-state index is 13.3. The molecule has 1 aromatic heterocycles. The van der Waals surface area contributed by atoms with E-state index in [0.29, 0.717) is 31.5 Å². The number of nitrogens with zero attached hydrogens (tertiary/aromatic N) is 3. The zero-order valence-electron chi connectivity index (χ0n) is 17.0. The lowest BCUT2D eigenvalue weighted by Crippen LogP contribution is -2.47. The molecule has 2 aromatic rings. The van der Waals surface area contributed by atoms with Gasteiger partial charge >= 0.3 is 0 Å². The number of hydrogen-bond donors (Lipinski definition) is 0. The van der Waals surface area contributed by atoms with Crippen molar-refractivity contribution in [2.45, 2.75) is 43.5 Å². The average molecular weight is 444 g/mol. The van der Waals surface area contributed by atoms with Gasteiger partial charge in [0.05, 0.1) is 22.6 Å². The predicted octanol–water partition coefficient (Wildman–Crippen LogP) is 3.56. The molecule has 1 saturated heterocycles. The SMILES string of the molecule is CC[C@@H]1c2ccsc2CCN1C(=O)C1CCN(S(=O)(=O)c2ccc(C#N)cc2)CC1. The van der Waals surface area contributed by atoms with Gasteiger partial charge < -0.3 is 4.90 Å². The summed E-state index contributed by atoms with van der Waals surface area (Å²) in [6.45, 7) is 3.54. The number of rotatable bonds is 4. The summed E-state index contributed by atoms with van der Waals surface area (Å²) in [6.07, 6.45) is 2.87. The van der Waals surface area contributed by atoms with Crippen molar-refractivity contribution in [2.24, 2.45) is 5.92 Å². The van der Waals surface area contributed by atoms with Crippen molar-refractivity contribution in [3.8, 4) is 6.07 Å². The van der Waals surface area contributed by atoms with Crippen molar-refractivity contribution < 1.29 is 13.2 Å². The smallest absolute Gasteiger partial charge is 0.243 e. The Hall–Kier alpha value is -2.21. The lowest BCUT2D eigenvalue weighted by atomic mass is 9.92. The highest BCUT2D eigenvalue weighted by molar-refractivity contribution is 7.89. The molecule has 6 nitrogen and oxygen atoms in total. The van der Waals surface area contributed by atoms with Gasteiger partial charge in [-0.1, -0.05) is 6.92 Å². The molecule has 0 N–H and O–H groups in total. The number of benzene rings is 1. The van der Waals surface area contributed by atoms with E-state index in [4.69, 9.17) is 5.26 Å². The Morgan fingerprint density at radius 2 is 1.87 bits per heavy atom. The number of piperidine rings is 1. The van der Waals surface area contributed by atoms with Crippen LogP contribution in [0.4, 0.5) is 0 Å². The zero-order valence-corrected chi connectivity index (χ0v) is 18.6. The van der Waals surface area contributed by atoms with Gasteiger partial charge in [0.1, 0.15) is 0 Å². The van der Waals surface area contributed by atoms with Crippen LogP contribution in [0.15, 0.2) is 40.6 Å². The highest BCUT2D eigenvalue weighted by Gasteiger charge is 2.37. The van der Waals surface area contributed by atoms with Crippen molar-refractivity contribution in [3.63, 3.8) is 0 Å². The van der Waals surface area contributed by atoms with Crippen molar-refractivity contribution in [2.75, 3.05) is 19.6 Å². The van der Waals surface area contributed by atoms with Crippen LogP contribution in [0, 0.1) is 17.2 Å². The fourth-order valence-corrected chi connectivity index (χ4v) is 6.93. The number of carbonyl (C=O) groups excluding carboxylic acids is 1. The van der Waals surface area contributed by atoms with Crippen molar-refractivity contribution in [3.05, 3.63) is 51.7 Å². The highest BCUT2D eigenvalue weighted by Crippen LogP contribution is 2.37. The molecule has 0 radical (unpaired) electrons. The maximum absolute atomic E-state index is 13.3. The van der Waals surface area contributed by atoms with E-state index in [1.165, 1.54) is 39.0 Å². The molecule has 0 bridgehead atoms. The summed E-state index contributed by atoms with van der Waals surface area (Å²) in [5.41, 5.74) is 1.71. The van der Waals surface area contributed by atoms with Crippen LogP contribution < -0.4 is 0 Å². The first-order valence-electron chi connectivity index (χ1n) is 10.3. The van der Waals surface area contributed by atoms with Gasteiger partial charge in [0.2, 0.25) is 15.9 Å². The van der Waals surface area contributed by atoms with Crippen LogP contribution in [0.2, 0.25) is 0 Å². The first-order valence-corrected chi connectivity index (χ1v) is 12.6. The number of fused-ring (bicyclic) bond motifs is 1. The summed E-state index contributed by atoms with van der Waals surface area (Å²) < 4.78 is 27.3. The van der Waals surface area contributed by atoms with Gasteiger partial charge in [-0.3, -0.25) is 4.79 Å². The molecule has 0 unspecified atom stereocenters. The Kier molecular flexibility index (Phi) is 5.96. The number of carbonyl (C=O) groups is 1. The molecule has 8 heteroatoms. The third-order valence-electron chi connectivity index (χ3n) is 6.19. The van der Waals surface area contributed by atoms with Gasteiger partial charge in [-0.25, -0.2) is 8.42 Å². The third kappa shape index (κ3) is 3.78. The van der Waals surface area contributed by atoms with E-state index in [9.17, 15) is 13.2 Å². The molecule has 0 aliphatic carbocycles. The number of thiophene rings is 1. The number of sulfonamides is 1. The second-order valence-corrected chi connectivity index (χ2v) is 10.8. The van der Waals surface area contributed by atoms with Crippen molar-refractivity contribution >= 4 is 27.3 Å². The molecule has 1 amide bonds. The molecule has 1 aromatic carbocycles. The molecular formula is C22H25N3O3S2. The molecule has 1 fully saturated rings. The molecule has 3 heterocycles. The van der Waals surface area contributed by atoms with Crippen LogP contribution in [0.1, 0.15) is 48.2 Å². The van der Waals surface area contributed by atoms with Crippen LogP contribution in [-0.4, -0.2) is 43.2 Å². The van der Waals surface area contributed by atoms with Crippen LogP contribution in [0.25, 0.3) is 0 Å². The van der Waals surface area contributed by atoms with Crippen LogP contribution in [-0.2, 0) is 21.2 Å². The molecule has 30 heavy (non-hydrogen) atoms. The van der Waals surface area contributed by atoms with Gasteiger partial charge in [-0.2, -0.15) is 9.57 Å². The van der Waals surface area contributed by atoms with Gasteiger partial charge in [0.15, 0.2) is 0 Å². The standard InChI is InChI=1S/C22H25N3O3S2/c1-2-20-19-10-14-29-21(19)9-13-25(20)22(26)17-7-11-24(12-8-17)30(27,28)18-5-3-16(15-23)4-6-18/h3-6,10,14,17,20H,2,7-9,11-13H2,1H3/t20-/m1/s1. The lowest BCUT2D eigenvalue weighted by Gasteiger charge is -2.39. The fourth-order valence-electron chi connectivity index (χ4n) is 4.53. The topological polar surface area (TPSA) is 81.5 Å². The average Bonchev–Trinajstić information content (AvgIpc) is 3.27. The van der Waals surface area contributed by atoms with E-state index in [1.807, 2.05) is 11.0 Å². The normalized spacial score (nSPS) is 20.5. The zero-order chi connectivity index (χ0) is 21.3. The molecule has 1 atom stereocenters. The Morgan fingerprint density at radius 3 is 2.50 bits per heavy atom. The summed E-state index contributed by atoms with van der Waals surface area (Å²) in [5.74, 6) is 0.0285. The molecular weight excluding hydrogens is 418 g/mol. The molecule has 0 saturated carbocycles. The fraction of sp³-hybridized carbons (Fsp3) is 0.455. The highest BCUT2D eigenvalue weighted by atomic mass is 32.2. The number of hydrogen-bond acceptors (Lipinski definition) is 5. The molecule has 2 aliphatic heterocycles. The quantitative estimate of drug-likeness (QED) is 0.724. The summed E-state index contributed by atoms with van der Waals surface area (Å²) in [6, 6.07) is 10.3. The second kappa shape index (κ2) is 8.50. The summed E-state index contributed by atoms with van der Waals surface area (Å²) >= 11 is 1.77. The summed E-state index contributed by atoms with van der Waals surface area (Å²) in [5, 5.41) is 11.0. The van der Waals surface area contributed by atoms with E-state index < -0.39 is 10.0 Å². The van der Waals surface area contributed by atoms with Gasteiger partial charge in [-0.05, 0) is 67.0 Å². The van der Waals surface area contributed by atoms with E-state index in [-0.39, 0.29) is 22.8 Å². The van der Waals surface area contributed by atoms with Gasteiger partial charge in [-0.15, -0.1) is 11.3 Å².